The summed E-state index contributed by atoms with van der Waals surface area (Å²) in [4.78, 5) is 38.7. The van der Waals surface area contributed by atoms with Gasteiger partial charge in [0.1, 0.15) is 5.60 Å². The molecule has 3 aromatic heterocycles. The van der Waals surface area contributed by atoms with E-state index in [0.717, 1.165) is 34.5 Å². The molecule has 0 saturated carbocycles. The zero-order valence-corrected chi connectivity index (χ0v) is 25.8. The summed E-state index contributed by atoms with van der Waals surface area (Å²) in [5, 5.41) is 0. The number of likely N-dealkylation sites (tertiary alicyclic amines) is 1. The Morgan fingerprint density at radius 2 is 1.82 bits per heavy atom. The summed E-state index contributed by atoms with van der Waals surface area (Å²) in [6, 6.07) is 8.33. The summed E-state index contributed by atoms with van der Waals surface area (Å²) in [7, 11) is 0. The lowest BCUT2D eigenvalue weighted by atomic mass is 10.1. The van der Waals surface area contributed by atoms with Gasteiger partial charge < -0.3 is 14.4 Å². The van der Waals surface area contributed by atoms with Crippen molar-refractivity contribution in [2.24, 2.45) is 0 Å². The van der Waals surface area contributed by atoms with Gasteiger partial charge in [-0.1, -0.05) is 39.7 Å². The Kier molecular flexibility index (Phi) is 11.5. The summed E-state index contributed by atoms with van der Waals surface area (Å²) in [5.41, 5.74) is 3.70. The van der Waals surface area contributed by atoms with Gasteiger partial charge in [0.05, 0.1) is 33.9 Å². The van der Waals surface area contributed by atoms with Crippen molar-refractivity contribution in [3.63, 3.8) is 0 Å². The fourth-order valence-corrected chi connectivity index (χ4v) is 5.46. The number of nitrogens with zero attached hydrogens (tertiary/aromatic N) is 4. The second-order valence-corrected chi connectivity index (χ2v) is 12.1. The van der Waals surface area contributed by atoms with Gasteiger partial charge in [0, 0.05) is 38.1 Å². The van der Waals surface area contributed by atoms with Gasteiger partial charge >= 0.3 is 12.1 Å². The minimum Gasteiger partial charge on any atom is -0.465 e. The first-order valence-electron chi connectivity index (χ1n) is 14.3. The van der Waals surface area contributed by atoms with E-state index < -0.39 is 5.60 Å². The largest absolute Gasteiger partial charge is 0.465 e. The minimum atomic E-state index is -0.539. The quantitative estimate of drug-likeness (QED) is 0.265. The highest BCUT2D eigenvalue weighted by Gasteiger charge is 2.38. The highest BCUT2D eigenvalue weighted by Crippen LogP contribution is 2.34. The monoisotopic (exact) mass is 568 g/mol. The topological polar surface area (TPSA) is 84.9 Å². The van der Waals surface area contributed by atoms with E-state index in [1.54, 1.807) is 23.2 Å². The number of carbonyl (C=O) groups is 2. The van der Waals surface area contributed by atoms with Gasteiger partial charge in [-0.25, -0.2) is 4.79 Å². The standard InChI is InChI=1S/C28H36N4O4S.C3H8/c1-6-8-20-11-12-29-23-13-24(37-26(20)23)22-10-9-19(14-30-22)15-31(18-25(33)35-7-2)21-16-32(17-21)27(34)36-28(3,4)5;1-3-2/h9-14,21H,6-8,15-18H2,1-5H3;3H2,1-2H3. The number of thiophene rings is 1. The molecule has 9 heteroatoms. The second-order valence-electron chi connectivity index (χ2n) is 11.1. The molecular formula is C31H44N4O4S. The lowest BCUT2D eigenvalue weighted by Gasteiger charge is -2.45. The third-order valence-electron chi connectivity index (χ3n) is 6.14. The first-order chi connectivity index (χ1) is 19.1. The van der Waals surface area contributed by atoms with Crippen LogP contribution in [0.2, 0.25) is 0 Å². The number of fused-ring (bicyclic) bond motifs is 1. The lowest BCUT2D eigenvalue weighted by molar-refractivity contribution is -0.146. The number of esters is 1. The average Bonchev–Trinajstić information content (AvgIpc) is 3.29. The van der Waals surface area contributed by atoms with Crippen molar-refractivity contribution in [3.8, 4) is 10.6 Å². The molecule has 3 aromatic rings. The number of aromatic nitrogens is 2. The van der Waals surface area contributed by atoms with E-state index in [2.05, 4.69) is 48.9 Å². The number of amides is 1. The maximum Gasteiger partial charge on any atom is 0.410 e. The molecule has 1 aliphatic heterocycles. The van der Waals surface area contributed by atoms with Crippen molar-refractivity contribution in [2.75, 3.05) is 26.2 Å². The third-order valence-corrected chi connectivity index (χ3v) is 7.37. The molecular weight excluding hydrogens is 524 g/mol. The maximum atomic E-state index is 12.4. The summed E-state index contributed by atoms with van der Waals surface area (Å²) >= 11 is 1.73. The van der Waals surface area contributed by atoms with Crippen molar-refractivity contribution < 1.29 is 19.1 Å². The van der Waals surface area contributed by atoms with Crippen molar-refractivity contribution in [1.29, 1.82) is 0 Å². The van der Waals surface area contributed by atoms with E-state index in [-0.39, 0.29) is 24.6 Å². The number of carbonyl (C=O) groups excluding carboxylic acids is 2. The molecule has 0 aromatic carbocycles. The van der Waals surface area contributed by atoms with Crippen LogP contribution in [-0.4, -0.2) is 69.7 Å². The molecule has 40 heavy (non-hydrogen) atoms. The zero-order chi connectivity index (χ0) is 29.3. The van der Waals surface area contributed by atoms with Crippen LogP contribution in [0.5, 0.6) is 0 Å². The summed E-state index contributed by atoms with van der Waals surface area (Å²) in [6.45, 7) is 15.8. The molecule has 1 saturated heterocycles. The van der Waals surface area contributed by atoms with Crippen LogP contribution in [-0.2, 0) is 27.2 Å². The molecule has 1 amide bonds. The molecule has 1 aliphatic rings. The first-order valence-corrected chi connectivity index (χ1v) is 15.1. The van der Waals surface area contributed by atoms with Crippen LogP contribution in [0, 0.1) is 0 Å². The number of hydrogen-bond acceptors (Lipinski definition) is 8. The predicted molar refractivity (Wildman–Crippen MR) is 161 cm³/mol. The van der Waals surface area contributed by atoms with Gasteiger partial charge in [-0.15, -0.1) is 11.3 Å². The molecule has 0 bridgehead atoms. The molecule has 4 heterocycles. The zero-order valence-electron chi connectivity index (χ0n) is 25.0. The Balaban J connectivity index is 0.00000141. The molecule has 218 valence electrons. The van der Waals surface area contributed by atoms with E-state index in [1.807, 2.05) is 39.2 Å². The van der Waals surface area contributed by atoms with E-state index in [9.17, 15) is 9.59 Å². The summed E-state index contributed by atoms with van der Waals surface area (Å²) < 4.78 is 11.9. The molecule has 0 N–H and O–H groups in total. The highest BCUT2D eigenvalue weighted by atomic mass is 32.1. The summed E-state index contributed by atoms with van der Waals surface area (Å²) in [6.07, 6.45) is 6.79. The van der Waals surface area contributed by atoms with Crippen molar-refractivity contribution in [1.82, 2.24) is 19.8 Å². The van der Waals surface area contributed by atoms with Crippen LogP contribution < -0.4 is 0 Å². The van der Waals surface area contributed by atoms with E-state index >= 15 is 0 Å². The Hall–Kier alpha value is -3.04. The molecule has 1 fully saturated rings. The first kappa shape index (κ1) is 31.5. The van der Waals surface area contributed by atoms with Crippen LogP contribution in [0.15, 0.2) is 36.7 Å². The fraction of sp³-hybridized carbons (Fsp3) is 0.548. The fourth-order valence-electron chi connectivity index (χ4n) is 4.33. The molecule has 0 unspecified atom stereocenters. The maximum absolute atomic E-state index is 12.4. The van der Waals surface area contributed by atoms with E-state index in [4.69, 9.17) is 14.5 Å². The third kappa shape index (κ3) is 8.73. The smallest absolute Gasteiger partial charge is 0.410 e. The van der Waals surface area contributed by atoms with Gasteiger partial charge in [-0.2, -0.15) is 0 Å². The lowest BCUT2D eigenvalue weighted by Crippen LogP contribution is -2.62. The number of ether oxygens (including phenoxy) is 2. The number of hydrogen-bond donors (Lipinski definition) is 0. The van der Waals surface area contributed by atoms with Crippen molar-refractivity contribution in [2.45, 2.75) is 85.9 Å². The van der Waals surface area contributed by atoms with Gasteiger partial charge in [-0.3, -0.25) is 19.7 Å². The Morgan fingerprint density at radius 3 is 2.42 bits per heavy atom. The molecule has 8 nitrogen and oxygen atoms in total. The summed E-state index contributed by atoms with van der Waals surface area (Å²) in [5.74, 6) is -0.275. The molecule has 0 radical (unpaired) electrons. The van der Waals surface area contributed by atoms with Gasteiger partial charge in [0.2, 0.25) is 0 Å². The number of aryl methyl sites for hydroxylation is 1. The Morgan fingerprint density at radius 1 is 1.10 bits per heavy atom. The van der Waals surface area contributed by atoms with Gasteiger partial charge in [-0.05, 0) is 63.4 Å². The molecule has 0 aliphatic carbocycles. The van der Waals surface area contributed by atoms with Crippen molar-refractivity contribution >= 4 is 33.6 Å². The number of rotatable bonds is 9. The predicted octanol–water partition coefficient (Wildman–Crippen LogP) is 6.71. The van der Waals surface area contributed by atoms with Crippen LogP contribution in [0.4, 0.5) is 4.79 Å². The van der Waals surface area contributed by atoms with Crippen LogP contribution >= 0.6 is 11.3 Å². The molecule has 4 rings (SSSR count). The Labute approximate surface area is 242 Å². The minimum absolute atomic E-state index is 0.0438. The van der Waals surface area contributed by atoms with Crippen LogP contribution in [0.1, 0.15) is 72.4 Å². The van der Waals surface area contributed by atoms with Crippen molar-refractivity contribution in [3.05, 3.63) is 47.8 Å². The van der Waals surface area contributed by atoms with E-state index in [0.29, 0.717) is 26.2 Å². The average molecular weight is 569 g/mol. The second kappa shape index (κ2) is 14.6. The van der Waals surface area contributed by atoms with Gasteiger partial charge in [0.25, 0.3) is 0 Å². The molecule has 0 atom stereocenters. The Bertz CT molecular complexity index is 1250. The number of pyridine rings is 2. The van der Waals surface area contributed by atoms with Crippen LogP contribution in [0.25, 0.3) is 20.8 Å². The molecule has 0 spiro atoms. The highest BCUT2D eigenvalue weighted by molar-refractivity contribution is 7.22. The van der Waals surface area contributed by atoms with Gasteiger partial charge in [0.15, 0.2) is 0 Å². The van der Waals surface area contributed by atoms with E-state index in [1.165, 1.54) is 16.7 Å². The normalized spacial score (nSPS) is 13.6. The SMILES string of the molecule is CCC.CCCc1ccnc2cc(-c3ccc(CN(CC(=O)OCC)C4CN(C(=O)OC(C)(C)C)C4)cn3)sc12. The van der Waals surface area contributed by atoms with Crippen LogP contribution in [0.3, 0.4) is 0 Å².